The van der Waals surface area contributed by atoms with Crippen molar-refractivity contribution in [2.75, 3.05) is 18.0 Å². The van der Waals surface area contributed by atoms with E-state index in [1.54, 1.807) is 34.1 Å². The number of piperazine rings is 1. The van der Waals surface area contributed by atoms with Crippen molar-refractivity contribution in [2.24, 2.45) is 17.4 Å². The molecule has 4 N–H and O–H groups in total. The lowest BCUT2D eigenvalue weighted by Gasteiger charge is -2.35. The summed E-state index contributed by atoms with van der Waals surface area (Å²) >= 11 is 0. The number of nitriles is 1. The zero-order valence-corrected chi connectivity index (χ0v) is 16.5. The Kier molecular flexibility index (Phi) is 4.31. The summed E-state index contributed by atoms with van der Waals surface area (Å²) in [6, 6.07) is 7.67. The molecule has 9 heteroatoms. The molecule has 1 aromatic rings. The molecular formula is C21H24N6O3. The number of piperidine rings is 1. The Labute approximate surface area is 174 Å². The van der Waals surface area contributed by atoms with Gasteiger partial charge in [-0.25, -0.2) is 0 Å². The smallest absolute Gasteiger partial charge is 0.248 e. The molecule has 4 fully saturated rings. The molecule has 1 aromatic carbocycles. The highest BCUT2D eigenvalue weighted by atomic mass is 16.2. The summed E-state index contributed by atoms with van der Waals surface area (Å²) in [5.41, 5.74) is 12.6. The van der Waals surface area contributed by atoms with E-state index in [2.05, 4.69) is 6.07 Å². The predicted octanol–water partition coefficient (Wildman–Crippen LogP) is -0.585. The van der Waals surface area contributed by atoms with Gasteiger partial charge in [0.1, 0.15) is 6.04 Å². The standard InChI is InChI=1S/C21H24N6O3/c22-8-14-5-12-6-17(12)27(14)20(29)16(23)10-25-9-15-7-18(25)21(30)26(15)13-3-1-2-11(4-13)19(24)28/h1-4,12,14-18H,5-7,9-10,23H2,(H2,24,28)/t12-,14+,15-,16+,17?,18-/m1/s1. The fourth-order valence-corrected chi connectivity index (χ4v) is 5.42. The molecule has 9 nitrogen and oxygen atoms in total. The second-order valence-electron chi connectivity index (χ2n) is 8.78. The zero-order chi connectivity index (χ0) is 21.2. The Morgan fingerprint density at radius 3 is 2.77 bits per heavy atom. The number of amides is 3. The number of likely N-dealkylation sites (tertiary alicyclic amines) is 2. The van der Waals surface area contributed by atoms with Crippen LogP contribution in [0.1, 0.15) is 29.6 Å². The van der Waals surface area contributed by atoms with Gasteiger partial charge in [0.25, 0.3) is 0 Å². The summed E-state index contributed by atoms with van der Waals surface area (Å²) < 4.78 is 0. The molecule has 1 unspecified atom stereocenters. The SMILES string of the molecule is N#C[C@@H]1C[C@@H]2CC2N1C(=O)[C@@H](N)CN1C[C@H]2C[C@@H]1C(=O)N2c1cccc(C(N)=O)c1. The first-order valence-electron chi connectivity index (χ1n) is 10.3. The third-order valence-corrected chi connectivity index (χ3v) is 6.93. The number of fused-ring (bicyclic) bond motifs is 3. The first kappa shape index (κ1) is 19.0. The van der Waals surface area contributed by atoms with Gasteiger partial charge in [-0.1, -0.05) is 6.07 Å². The first-order valence-corrected chi connectivity index (χ1v) is 10.3. The lowest BCUT2D eigenvalue weighted by Crippen LogP contribution is -2.57. The van der Waals surface area contributed by atoms with Crippen LogP contribution in [0.15, 0.2) is 24.3 Å². The van der Waals surface area contributed by atoms with E-state index < -0.39 is 11.9 Å². The van der Waals surface area contributed by atoms with Crippen molar-refractivity contribution in [3.05, 3.63) is 29.8 Å². The molecule has 2 bridgehead atoms. The Morgan fingerprint density at radius 2 is 2.07 bits per heavy atom. The van der Waals surface area contributed by atoms with Crippen LogP contribution in [-0.2, 0) is 9.59 Å². The van der Waals surface area contributed by atoms with Gasteiger partial charge in [-0.15, -0.1) is 0 Å². The minimum Gasteiger partial charge on any atom is -0.366 e. The van der Waals surface area contributed by atoms with Gasteiger partial charge < -0.3 is 21.3 Å². The molecule has 1 aliphatic carbocycles. The highest BCUT2D eigenvalue weighted by Crippen LogP contribution is 2.47. The molecule has 1 saturated carbocycles. The normalized spacial score (nSPS) is 32.8. The van der Waals surface area contributed by atoms with E-state index in [-0.39, 0.29) is 36.0 Å². The van der Waals surface area contributed by atoms with Crippen LogP contribution in [0.5, 0.6) is 0 Å². The van der Waals surface area contributed by atoms with Crippen molar-refractivity contribution in [2.45, 2.75) is 49.5 Å². The molecule has 6 atom stereocenters. The van der Waals surface area contributed by atoms with E-state index in [4.69, 9.17) is 11.5 Å². The number of rotatable bonds is 5. The predicted molar refractivity (Wildman–Crippen MR) is 107 cm³/mol. The molecule has 3 amide bonds. The topological polar surface area (TPSA) is 137 Å². The number of nitrogens with two attached hydrogens (primary N) is 2. The third kappa shape index (κ3) is 2.87. The molecule has 4 aliphatic rings. The molecule has 0 radical (unpaired) electrons. The maximum atomic E-state index is 13.0. The number of hydrogen-bond donors (Lipinski definition) is 2. The largest absolute Gasteiger partial charge is 0.366 e. The van der Waals surface area contributed by atoms with Gasteiger partial charge >= 0.3 is 0 Å². The fourth-order valence-electron chi connectivity index (χ4n) is 5.42. The number of nitrogens with zero attached hydrogens (tertiary/aromatic N) is 4. The van der Waals surface area contributed by atoms with E-state index in [0.717, 1.165) is 12.8 Å². The summed E-state index contributed by atoms with van der Waals surface area (Å²) in [6.45, 7) is 0.916. The fraction of sp³-hybridized carbons (Fsp3) is 0.524. The Morgan fingerprint density at radius 1 is 1.27 bits per heavy atom. The number of benzene rings is 1. The maximum Gasteiger partial charge on any atom is 0.248 e. The van der Waals surface area contributed by atoms with E-state index in [1.807, 2.05) is 4.90 Å². The van der Waals surface area contributed by atoms with Crippen molar-refractivity contribution in [3.63, 3.8) is 0 Å². The van der Waals surface area contributed by atoms with Crippen LogP contribution < -0.4 is 16.4 Å². The van der Waals surface area contributed by atoms with E-state index in [9.17, 15) is 19.6 Å². The van der Waals surface area contributed by atoms with Crippen LogP contribution in [0.2, 0.25) is 0 Å². The summed E-state index contributed by atoms with van der Waals surface area (Å²) in [7, 11) is 0. The minimum atomic E-state index is -0.751. The van der Waals surface area contributed by atoms with Crippen LogP contribution in [0, 0.1) is 17.2 Å². The van der Waals surface area contributed by atoms with Gasteiger partial charge in [-0.3, -0.25) is 19.3 Å². The van der Waals surface area contributed by atoms with Crippen LogP contribution in [0.4, 0.5) is 5.69 Å². The molecule has 3 heterocycles. The molecule has 3 saturated heterocycles. The van der Waals surface area contributed by atoms with Gasteiger partial charge in [0.15, 0.2) is 0 Å². The van der Waals surface area contributed by atoms with Crippen LogP contribution in [-0.4, -0.2) is 70.8 Å². The summed E-state index contributed by atoms with van der Waals surface area (Å²) in [5.74, 6) is -0.325. The highest BCUT2D eigenvalue weighted by molar-refractivity contribution is 6.02. The van der Waals surface area contributed by atoms with Gasteiger partial charge in [0.05, 0.1) is 24.2 Å². The molecule has 5 rings (SSSR count). The molecule has 30 heavy (non-hydrogen) atoms. The quantitative estimate of drug-likeness (QED) is 0.668. The van der Waals surface area contributed by atoms with E-state index in [1.165, 1.54) is 0 Å². The molecular weight excluding hydrogens is 384 g/mol. The Balaban J connectivity index is 1.26. The van der Waals surface area contributed by atoms with Gasteiger partial charge in [-0.05, 0) is 43.4 Å². The molecule has 156 valence electrons. The lowest BCUT2D eigenvalue weighted by atomic mass is 10.1. The van der Waals surface area contributed by atoms with Crippen molar-refractivity contribution in [1.82, 2.24) is 9.80 Å². The Bertz CT molecular complexity index is 974. The van der Waals surface area contributed by atoms with Crippen LogP contribution >= 0.6 is 0 Å². The number of hydrogen-bond acceptors (Lipinski definition) is 6. The Hall–Kier alpha value is -2.96. The summed E-state index contributed by atoms with van der Waals surface area (Å²) in [4.78, 5) is 42.8. The molecule has 3 aliphatic heterocycles. The monoisotopic (exact) mass is 408 g/mol. The van der Waals surface area contributed by atoms with Gasteiger partial charge in [0.2, 0.25) is 17.7 Å². The zero-order valence-electron chi connectivity index (χ0n) is 16.5. The molecule has 0 aromatic heterocycles. The number of primary amides is 1. The lowest BCUT2D eigenvalue weighted by molar-refractivity contribution is -0.135. The van der Waals surface area contributed by atoms with E-state index in [0.29, 0.717) is 36.7 Å². The van der Waals surface area contributed by atoms with Crippen molar-refractivity contribution < 1.29 is 14.4 Å². The van der Waals surface area contributed by atoms with Crippen LogP contribution in [0.25, 0.3) is 0 Å². The van der Waals surface area contributed by atoms with Crippen LogP contribution in [0.3, 0.4) is 0 Å². The average Bonchev–Trinajstić information content (AvgIpc) is 3.07. The van der Waals surface area contributed by atoms with Gasteiger partial charge in [-0.2, -0.15) is 5.26 Å². The highest BCUT2D eigenvalue weighted by Gasteiger charge is 2.55. The van der Waals surface area contributed by atoms with Gasteiger partial charge in [0, 0.05) is 30.4 Å². The number of anilines is 1. The average molecular weight is 408 g/mol. The van der Waals surface area contributed by atoms with E-state index >= 15 is 0 Å². The second-order valence-corrected chi connectivity index (χ2v) is 8.78. The second kappa shape index (κ2) is 6.79. The third-order valence-electron chi connectivity index (χ3n) is 6.93. The number of carbonyl (C=O) groups is 3. The van der Waals surface area contributed by atoms with Crippen molar-refractivity contribution >= 4 is 23.4 Å². The first-order chi connectivity index (χ1) is 14.4. The van der Waals surface area contributed by atoms with Crippen molar-refractivity contribution in [1.29, 1.82) is 5.26 Å². The minimum absolute atomic E-state index is 0.0283. The summed E-state index contributed by atoms with van der Waals surface area (Å²) in [5, 5.41) is 9.33. The van der Waals surface area contributed by atoms with Crippen molar-refractivity contribution in [3.8, 4) is 6.07 Å². The number of carbonyl (C=O) groups excluding carboxylic acids is 3. The maximum absolute atomic E-state index is 13.0. The molecule has 0 spiro atoms. The summed E-state index contributed by atoms with van der Waals surface area (Å²) in [6.07, 6.45) is 2.37.